The fourth-order valence-electron chi connectivity index (χ4n) is 1.75. The summed E-state index contributed by atoms with van der Waals surface area (Å²) in [5, 5.41) is 4.19. The van der Waals surface area contributed by atoms with Gasteiger partial charge in [-0.3, -0.25) is 0 Å². The lowest BCUT2D eigenvalue weighted by Crippen LogP contribution is -2.27. The monoisotopic (exact) mass is 281 g/mol. The van der Waals surface area contributed by atoms with Crippen LogP contribution in [-0.2, 0) is 6.42 Å². The molecule has 106 valence electrons. The molecule has 0 saturated carbocycles. The molecule has 0 aromatic heterocycles. The van der Waals surface area contributed by atoms with Gasteiger partial charge in [-0.15, -0.1) is 6.58 Å². The van der Waals surface area contributed by atoms with Crippen molar-refractivity contribution < 1.29 is 4.74 Å². The maximum absolute atomic E-state index is 5.99. The fourth-order valence-corrected chi connectivity index (χ4v) is 1.95. The summed E-state index contributed by atoms with van der Waals surface area (Å²) in [5.41, 5.74) is 1.09. The minimum Gasteiger partial charge on any atom is -0.493 e. The van der Waals surface area contributed by atoms with E-state index in [0.717, 1.165) is 48.7 Å². The van der Waals surface area contributed by atoms with Gasteiger partial charge in [-0.2, -0.15) is 0 Å². The average molecular weight is 282 g/mol. The molecule has 0 fully saturated rings. The molecule has 0 aliphatic heterocycles. The third-order valence-electron chi connectivity index (χ3n) is 3.07. The summed E-state index contributed by atoms with van der Waals surface area (Å²) in [4.78, 5) is 0. The van der Waals surface area contributed by atoms with Gasteiger partial charge in [-0.25, -0.2) is 0 Å². The molecular weight excluding hydrogens is 258 g/mol. The summed E-state index contributed by atoms with van der Waals surface area (Å²) in [6.07, 6.45) is 4.80. The Morgan fingerprint density at radius 1 is 1.47 bits per heavy atom. The summed E-state index contributed by atoms with van der Waals surface area (Å²) < 4.78 is 5.81. The molecular formula is C16H24ClNO. The number of nitrogens with one attached hydrogen (secondary N) is 1. The van der Waals surface area contributed by atoms with Crippen molar-refractivity contribution in [2.75, 3.05) is 13.2 Å². The van der Waals surface area contributed by atoms with E-state index in [1.807, 2.05) is 24.3 Å². The van der Waals surface area contributed by atoms with Gasteiger partial charge in [-0.1, -0.05) is 24.6 Å². The number of allylic oxidation sites excluding steroid dienone is 1. The zero-order valence-electron chi connectivity index (χ0n) is 11.9. The van der Waals surface area contributed by atoms with E-state index in [0.29, 0.717) is 6.04 Å². The molecule has 0 bridgehead atoms. The van der Waals surface area contributed by atoms with Crippen LogP contribution in [0.3, 0.4) is 0 Å². The zero-order valence-corrected chi connectivity index (χ0v) is 12.7. The lowest BCUT2D eigenvalue weighted by molar-refractivity contribution is 0.302. The van der Waals surface area contributed by atoms with Crippen LogP contribution in [0.1, 0.15) is 32.3 Å². The van der Waals surface area contributed by atoms with Crippen LogP contribution in [0.5, 0.6) is 5.75 Å². The second kappa shape index (κ2) is 9.00. The van der Waals surface area contributed by atoms with E-state index in [1.165, 1.54) is 0 Å². The number of hydrogen-bond acceptors (Lipinski definition) is 2. The van der Waals surface area contributed by atoms with E-state index in [9.17, 15) is 0 Å². The lowest BCUT2D eigenvalue weighted by Gasteiger charge is -2.13. The van der Waals surface area contributed by atoms with Crippen molar-refractivity contribution in [2.45, 2.75) is 39.2 Å². The van der Waals surface area contributed by atoms with Crippen molar-refractivity contribution in [3.8, 4) is 5.75 Å². The van der Waals surface area contributed by atoms with Crippen LogP contribution in [0.2, 0.25) is 5.02 Å². The Morgan fingerprint density at radius 2 is 2.26 bits per heavy atom. The lowest BCUT2D eigenvalue weighted by atomic mass is 10.1. The number of hydrogen-bond donors (Lipinski definition) is 1. The van der Waals surface area contributed by atoms with Gasteiger partial charge in [0.05, 0.1) is 6.61 Å². The summed E-state index contributed by atoms with van der Waals surface area (Å²) in [6.45, 7) is 9.84. The molecule has 1 N–H and O–H groups in total. The van der Waals surface area contributed by atoms with Crippen LogP contribution in [0.4, 0.5) is 0 Å². The molecule has 19 heavy (non-hydrogen) atoms. The quantitative estimate of drug-likeness (QED) is 0.540. The van der Waals surface area contributed by atoms with E-state index in [4.69, 9.17) is 16.3 Å². The van der Waals surface area contributed by atoms with Gasteiger partial charge in [0.2, 0.25) is 0 Å². The summed E-state index contributed by atoms with van der Waals surface area (Å²) >= 11 is 5.99. The SMILES string of the molecule is C=CCc1cc(Cl)ccc1OCCCN[C@H](C)CC. The highest BCUT2D eigenvalue weighted by atomic mass is 35.5. The minimum absolute atomic E-state index is 0.576. The Labute approximate surface area is 121 Å². The second-order valence-corrected chi connectivity index (χ2v) is 5.15. The summed E-state index contributed by atoms with van der Waals surface area (Å²) in [6, 6.07) is 6.31. The van der Waals surface area contributed by atoms with E-state index in [1.54, 1.807) is 0 Å². The van der Waals surface area contributed by atoms with Gasteiger partial charge in [0.15, 0.2) is 0 Å². The summed E-state index contributed by atoms with van der Waals surface area (Å²) in [7, 11) is 0. The van der Waals surface area contributed by atoms with Crippen molar-refractivity contribution in [1.29, 1.82) is 0 Å². The Kier molecular flexibility index (Phi) is 7.61. The molecule has 1 aromatic rings. The van der Waals surface area contributed by atoms with Gasteiger partial charge in [0.25, 0.3) is 0 Å². The molecule has 2 nitrogen and oxygen atoms in total. The molecule has 0 unspecified atom stereocenters. The molecule has 0 spiro atoms. The highest BCUT2D eigenvalue weighted by Gasteiger charge is 2.03. The van der Waals surface area contributed by atoms with E-state index in [-0.39, 0.29) is 0 Å². The molecule has 0 amide bonds. The van der Waals surface area contributed by atoms with E-state index in [2.05, 4.69) is 25.7 Å². The molecule has 0 heterocycles. The molecule has 3 heteroatoms. The summed E-state index contributed by atoms with van der Waals surface area (Å²) in [5.74, 6) is 0.910. The molecule has 0 aliphatic carbocycles. The molecule has 0 radical (unpaired) electrons. The predicted octanol–water partition coefficient (Wildman–Crippen LogP) is 4.23. The average Bonchev–Trinajstić information content (AvgIpc) is 2.40. The van der Waals surface area contributed by atoms with Gasteiger partial charge >= 0.3 is 0 Å². The van der Waals surface area contributed by atoms with Gasteiger partial charge in [-0.05, 0) is 56.5 Å². The first kappa shape index (κ1) is 16.1. The first-order valence-electron chi connectivity index (χ1n) is 6.92. The third kappa shape index (κ3) is 6.13. The maximum atomic E-state index is 5.99. The maximum Gasteiger partial charge on any atom is 0.122 e. The van der Waals surface area contributed by atoms with E-state index >= 15 is 0 Å². The second-order valence-electron chi connectivity index (χ2n) is 4.71. The third-order valence-corrected chi connectivity index (χ3v) is 3.31. The van der Waals surface area contributed by atoms with Crippen molar-refractivity contribution in [2.24, 2.45) is 0 Å². The number of halogens is 1. The number of rotatable bonds is 9. The standard InChI is InChI=1S/C16H24ClNO/c1-4-7-14-12-15(17)8-9-16(14)19-11-6-10-18-13(3)5-2/h4,8-9,12-13,18H,1,5-7,10-11H2,2-3H3/t13-/m1/s1. The molecule has 1 aromatic carbocycles. The Balaban J connectivity index is 2.38. The van der Waals surface area contributed by atoms with Gasteiger partial charge < -0.3 is 10.1 Å². The fraction of sp³-hybridized carbons (Fsp3) is 0.500. The Bertz CT molecular complexity index is 392. The normalized spacial score (nSPS) is 12.2. The van der Waals surface area contributed by atoms with Gasteiger partial charge in [0, 0.05) is 11.1 Å². The van der Waals surface area contributed by atoms with Crippen molar-refractivity contribution in [3.63, 3.8) is 0 Å². The topological polar surface area (TPSA) is 21.3 Å². The van der Waals surface area contributed by atoms with Gasteiger partial charge in [0.1, 0.15) is 5.75 Å². The van der Waals surface area contributed by atoms with Crippen LogP contribution >= 0.6 is 11.6 Å². The van der Waals surface area contributed by atoms with Crippen molar-refractivity contribution in [3.05, 3.63) is 41.4 Å². The smallest absolute Gasteiger partial charge is 0.122 e. The zero-order chi connectivity index (χ0) is 14.1. The number of benzene rings is 1. The molecule has 0 aliphatic rings. The largest absolute Gasteiger partial charge is 0.493 e. The first-order chi connectivity index (χ1) is 9.17. The van der Waals surface area contributed by atoms with Crippen LogP contribution in [0, 0.1) is 0 Å². The Hall–Kier alpha value is -0.990. The van der Waals surface area contributed by atoms with Crippen LogP contribution in [0.15, 0.2) is 30.9 Å². The molecule has 0 saturated heterocycles. The van der Waals surface area contributed by atoms with E-state index < -0.39 is 0 Å². The predicted molar refractivity (Wildman–Crippen MR) is 83.2 cm³/mol. The Morgan fingerprint density at radius 3 is 2.95 bits per heavy atom. The van der Waals surface area contributed by atoms with Crippen LogP contribution < -0.4 is 10.1 Å². The highest BCUT2D eigenvalue weighted by molar-refractivity contribution is 6.30. The molecule has 1 atom stereocenters. The highest BCUT2D eigenvalue weighted by Crippen LogP contribution is 2.23. The first-order valence-corrected chi connectivity index (χ1v) is 7.30. The molecule has 1 rings (SSSR count). The van der Waals surface area contributed by atoms with Crippen molar-refractivity contribution in [1.82, 2.24) is 5.32 Å². The van der Waals surface area contributed by atoms with Crippen LogP contribution in [0.25, 0.3) is 0 Å². The van der Waals surface area contributed by atoms with Crippen LogP contribution in [-0.4, -0.2) is 19.2 Å². The van der Waals surface area contributed by atoms with Crippen molar-refractivity contribution >= 4 is 11.6 Å². The number of ether oxygens (including phenoxy) is 1. The minimum atomic E-state index is 0.576.